The van der Waals surface area contributed by atoms with Crippen LogP contribution < -0.4 is 138 Å². The second-order valence-corrected chi connectivity index (χ2v) is 19.0. The van der Waals surface area contributed by atoms with Gasteiger partial charge in [-0.1, -0.05) is 83.4 Å². The molecule has 1 N–H and O–H groups in total. The normalized spacial score (nSPS) is 22.3. The van der Waals surface area contributed by atoms with Gasteiger partial charge in [-0.2, -0.15) is 8.42 Å². The van der Waals surface area contributed by atoms with Gasteiger partial charge in [0.1, 0.15) is 24.3 Å². The van der Waals surface area contributed by atoms with Crippen molar-refractivity contribution in [3.8, 4) is 0 Å². The van der Waals surface area contributed by atoms with Crippen LogP contribution in [0.1, 0.15) is 60.3 Å². The summed E-state index contributed by atoms with van der Waals surface area (Å²) in [7, 11) is -11.5. The van der Waals surface area contributed by atoms with Crippen LogP contribution in [0.2, 0.25) is 0 Å². The second kappa shape index (κ2) is 33.6. The Balaban J connectivity index is 0.00000533. The second-order valence-electron chi connectivity index (χ2n) is 16.8. The van der Waals surface area contributed by atoms with Crippen LogP contribution in [0.25, 0.3) is 0 Å². The molecule has 2 aliphatic heterocycles. The van der Waals surface area contributed by atoms with E-state index in [0.717, 1.165) is 12.5 Å². The van der Waals surface area contributed by atoms with Crippen LogP contribution in [-0.2, 0) is 82.5 Å². The number of benzene rings is 4. The number of hydrogen-bond donors (Lipinski definition) is 1. The molecule has 0 saturated carbocycles. The first kappa shape index (κ1) is 72.4. The molecule has 0 bridgehead atoms. The summed E-state index contributed by atoms with van der Waals surface area (Å²) in [4.78, 5) is 95.0. The minimum absolute atomic E-state index is 0. The zero-order valence-electron chi connectivity index (χ0n) is 44.1. The van der Waals surface area contributed by atoms with Crippen LogP contribution in [0.4, 0.5) is 0 Å². The Morgan fingerprint density at radius 1 is 0.684 bits per heavy atom. The Morgan fingerprint density at radius 3 is 1.62 bits per heavy atom. The van der Waals surface area contributed by atoms with Crippen molar-refractivity contribution < 1.29 is 231 Å². The molecular weight excluding hydrogens is 1130 g/mol. The molecule has 404 valence electrons. The number of aryl methyl sites for hydroxylation is 3. The van der Waals surface area contributed by atoms with Crippen molar-refractivity contribution in [1.82, 2.24) is 0 Å². The topological polar surface area (TPSA) is 363 Å². The van der Waals surface area contributed by atoms with Gasteiger partial charge in [-0.25, -0.2) is 18.6 Å². The van der Waals surface area contributed by atoms with Crippen LogP contribution in [0.5, 0.6) is 0 Å². The SMILES string of the molecule is CC(=O)O[C@@H]1[C@@H](OP(=O)([O-])[O-])[C@H](OC[C@H](N=C([O-])OCc2ccccc2)C(=O)[O-])OC[C@H]1O[C@@H]1O[C@H](COS(=O)(=O)O)[C@H](OC(=O)c2ccc(C)cc2)[C@H](OC(=O)c2ccc(C)cc2)[C@H]1OC(=O)c1ccc(C)cc1.[Na+].[Na+].[Na+].[Na+]. The Morgan fingerprint density at radius 2 is 1.16 bits per heavy atom. The summed E-state index contributed by atoms with van der Waals surface area (Å²) in [6, 6.07) is 23.5. The van der Waals surface area contributed by atoms with Gasteiger partial charge in [-0.3, -0.25) is 14.3 Å². The van der Waals surface area contributed by atoms with Crippen LogP contribution >= 0.6 is 7.82 Å². The standard InChI is InChI=1S/C48H52NO24PS.4Na/c1-26-10-16-31(17-11-26)43(53)70-37-36(25-66-75(60,61)62)69-47(40(72-45(55)33-20-14-28(3)15-21-33)39(37)71-44(54)32-18-12-27(2)13-19-32)68-35-24-64-46(41(73-74(57,58)59)38(35)67-29(4)50)63-23-34(42(51)52)49-48(56)65-22-30-8-6-5-7-9-30;;;;/h5-21,34-41,46-47H,22-25H2,1-4H3,(H,49,56)(H,51,52)(H2,57,58,59)(H,60,61,62);;;;/q;4*+1/p-4/t34-,35+,36+,37-,38-,39-,40+,41+,46+,47+;;;;/m0..../s1. The molecule has 2 fully saturated rings. The molecule has 6 rings (SSSR count). The number of phosphoric acid groups is 1. The summed E-state index contributed by atoms with van der Waals surface area (Å²) >= 11 is 0. The van der Waals surface area contributed by atoms with Crippen molar-refractivity contribution in [3.05, 3.63) is 142 Å². The maximum atomic E-state index is 14.1. The number of carboxylic acids is 1. The molecule has 0 amide bonds. The molecule has 0 aliphatic carbocycles. The molecule has 25 nitrogen and oxygen atoms in total. The van der Waals surface area contributed by atoms with E-state index in [1.807, 2.05) is 0 Å². The number of aliphatic carboxylic acids is 1. The zero-order chi connectivity index (χ0) is 54.6. The molecule has 0 spiro atoms. The van der Waals surface area contributed by atoms with E-state index in [2.05, 4.69) is 9.18 Å². The van der Waals surface area contributed by atoms with Gasteiger partial charge in [0.15, 0.2) is 43.1 Å². The van der Waals surface area contributed by atoms with Crippen LogP contribution in [-0.4, -0.2) is 130 Å². The maximum Gasteiger partial charge on any atom is 1.00 e. The summed E-state index contributed by atoms with van der Waals surface area (Å²) in [6.45, 7) is 2.36. The fourth-order valence-electron chi connectivity index (χ4n) is 7.32. The molecule has 2 saturated heterocycles. The van der Waals surface area contributed by atoms with E-state index >= 15 is 0 Å². The summed E-state index contributed by atoms with van der Waals surface area (Å²) in [5.41, 5.74) is 2.35. The number of ether oxygens (including phenoxy) is 9. The number of hydrogen-bond acceptors (Lipinski definition) is 24. The van der Waals surface area contributed by atoms with Crippen molar-refractivity contribution in [2.24, 2.45) is 4.99 Å². The molecule has 0 radical (unpaired) electrons. The number of carbonyl (C=O) groups is 5. The largest absolute Gasteiger partial charge is 1.00 e. The van der Waals surface area contributed by atoms with Crippen molar-refractivity contribution in [2.75, 3.05) is 19.8 Å². The van der Waals surface area contributed by atoms with Gasteiger partial charge in [0.05, 0.1) is 50.3 Å². The fourth-order valence-corrected chi connectivity index (χ4v) is 8.14. The number of aliphatic imine (C=N–C) groups is 1. The Kier molecular flexibility index (Phi) is 30.8. The molecule has 31 heteroatoms. The van der Waals surface area contributed by atoms with Crippen molar-refractivity contribution >= 4 is 54.2 Å². The van der Waals surface area contributed by atoms with E-state index in [0.29, 0.717) is 16.7 Å². The van der Waals surface area contributed by atoms with Gasteiger partial charge in [-0.15, -0.1) is 0 Å². The molecule has 0 aromatic heterocycles. The number of rotatable bonds is 21. The first-order valence-electron chi connectivity index (χ1n) is 22.4. The minimum Gasteiger partial charge on any atom is -0.790 e. The van der Waals surface area contributed by atoms with Crippen molar-refractivity contribution in [2.45, 2.75) is 95.7 Å². The van der Waals surface area contributed by atoms with Crippen molar-refractivity contribution in [1.29, 1.82) is 0 Å². The smallest absolute Gasteiger partial charge is 0.790 e. The average molecular weight is 1180 g/mol. The van der Waals surface area contributed by atoms with Gasteiger partial charge in [-0.05, 0) is 62.7 Å². The first-order valence-corrected chi connectivity index (χ1v) is 25.2. The van der Waals surface area contributed by atoms with Gasteiger partial charge < -0.3 is 76.5 Å². The molecule has 4 aromatic carbocycles. The fraction of sp³-hybridized carbons (Fsp3) is 0.375. The molecular formula is C48H48NNa4O24PS. The summed E-state index contributed by atoms with van der Waals surface area (Å²) in [5, 5.41) is 24.6. The van der Waals surface area contributed by atoms with E-state index in [-0.39, 0.29) is 142 Å². The summed E-state index contributed by atoms with van der Waals surface area (Å²) in [6.07, 6.45) is -20.6. The Hall–Kier alpha value is -2.68. The van der Waals surface area contributed by atoms with Gasteiger partial charge in [0.25, 0.3) is 0 Å². The molecule has 10 atom stereocenters. The van der Waals surface area contributed by atoms with Crippen LogP contribution in [0.15, 0.2) is 108 Å². The maximum absolute atomic E-state index is 14.1. The van der Waals surface area contributed by atoms with E-state index < -0.39 is 135 Å². The quantitative estimate of drug-likeness (QED) is 0.0154. The predicted molar refractivity (Wildman–Crippen MR) is 243 cm³/mol. The van der Waals surface area contributed by atoms with Crippen molar-refractivity contribution in [3.63, 3.8) is 0 Å². The van der Waals surface area contributed by atoms with E-state index in [9.17, 15) is 61.5 Å². The zero-order valence-corrected chi connectivity index (χ0v) is 53.8. The van der Waals surface area contributed by atoms with Gasteiger partial charge >= 0.3 is 153 Å². The third-order valence-electron chi connectivity index (χ3n) is 11.0. The van der Waals surface area contributed by atoms with Crippen LogP contribution in [0.3, 0.4) is 0 Å². The molecule has 2 aliphatic rings. The van der Waals surface area contributed by atoms with Gasteiger partial charge in [0.2, 0.25) is 0 Å². The monoisotopic (exact) mass is 1180 g/mol. The Bertz CT molecular complexity index is 2830. The number of nitrogens with zero attached hydrogens (tertiary/aromatic N) is 1. The molecule has 79 heavy (non-hydrogen) atoms. The predicted octanol–water partition coefficient (Wildman–Crippen LogP) is -11.9. The van der Waals surface area contributed by atoms with E-state index in [4.69, 9.17) is 47.2 Å². The number of esters is 4. The summed E-state index contributed by atoms with van der Waals surface area (Å²) in [5.74, 6) is -6.63. The van der Waals surface area contributed by atoms with Crippen LogP contribution in [0, 0.1) is 20.8 Å². The minimum atomic E-state index is -6.20. The molecule has 4 aromatic rings. The average Bonchev–Trinajstić information content (AvgIpc) is 3.37. The number of phosphoric ester groups is 1. The first-order chi connectivity index (χ1) is 35.4. The third kappa shape index (κ3) is 22.8. The number of carbonyl (C=O) groups excluding carboxylic acids is 5. The van der Waals surface area contributed by atoms with E-state index in [1.165, 1.54) is 36.4 Å². The Labute approximate surface area is 542 Å². The molecule has 2 heterocycles. The number of carboxylic acid groups (broad SMARTS) is 1. The third-order valence-corrected chi connectivity index (χ3v) is 11.9. The molecule has 0 unspecified atom stereocenters. The summed E-state index contributed by atoms with van der Waals surface area (Å²) < 4.78 is 107. The van der Waals surface area contributed by atoms with Gasteiger partial charge in [0, 0.05) is 13.5 Å². The van der Waals surface area contributed by atoms with E-state index in [1.54, 1.807) is 87.5 Å².